The molecular formula is C24H24N6. The summed E-state index contributed by atoms with van der Waals surface area (Å²) in [6, 6.07) is 20.4. The SMILES string of the molecule is Cc1nc(-c2ccccc2)cc(N2CCN(c3nc4ccccc4nc3C)CC2)n1. The Balaban J connectivity index is 1.37. The van der Waals surface area contributed by atoms with Crippen LogP contribution >= 0.6 is 0 Å². The van der Waals surface area contributed by atoms with Gasteiger partial charge in [0, 0.05) is 37.8 Å². The third-order valence-corrected chi connectivity index (χ3v) is 5.52. The van der Waals surface area contributed by atoms with Crippen LogP contribution in [0.15, 0.2) is 60.7 Å². The smallest absolute Gasteiger partial charge is 0.150 e. The summed E-state index contributed by atoms with van der Waals surface area (Å²) < 4.78 is 0. The highest BCUT2D eigenvalue weighted by Crippen LogP contribution is 2.25. The third-order valence-electron chi connectivity index (χ3n) is 5.52. The number of anilines is 2. The number of piperazine rings is 1. The summed E-state index contributed by atoms with van der Waals surface area (Å²) in [7, 11) is 0. The summed E-state index contributed by atoms with van der Waals surface area (Å²) >= 11 is 0. The Bertz CT molecular complexity index is 1180. The van der Waals surface area contributed by atoms with Crippen molar-refractivity contribution in [1.29, 1.82) is 0 Å². The van der Waals surface area contributed by atoms with Crippen molar-refractivity contribution in [2.45, 2.75) is 13.8 Å². The molecule has 0 spiro atoms. The fraction of sp³-hybridized carbons (Fsp3) is 0.250. The van der Waals surface area contributed by atoms with Crippen LogP contribution in [0.2, 0.25) is 0 Å². The fourth-order valence-electron chi connectivity index (χ4n) is 4.00. The van der Waals surface area contributed by atoms with E-state index in [-0.39, 0.29) is 0 Å². The number of aromatic nitrogens is 4. The van der Waals surface area contributed by atoms with Crippen molar-refractivity contribution in [3.05, 3.63) is 72.2 Å². The fourth-order valence-corrected chi connectivity index (χ4v) is 4.00. The van der Waals surface area contributed by atoms with Crippen LogP contribution in [-0.2, 0) is 0 Å². The standard InChI is InChI=1S/C24H24N6/c1-17-24(28-21-11-7-6-10-20(21)25-17)30-14-12-29(13-15-30)23-16-22(26-18(2)27-23)19-8-4-3-5-9-19/h3-11,16H,12-15H2,1-2H3. The van der Waals surface area contributed by atoms with Gasteiger partial charge < -0.3 is 9.80 Å². The zero-order valence-corrected chi connectivity index (χ0v) is 17.3. The van der Waals surface area contributed by atoms with Crippen LogP contribution in [0, 0.1) is 13.8 Å². The lowest BCUT2D eigenvalue weighted by molar-refractivity contribution is 0.638. The Hall–Kier alpha value is -3.54. The molecule has 1 saturated heterocycles. The monoisotopic (exact) mass is 396 g/mol. The van der Waals surface area contributed by atoms with E-state index in [1.165, 1.54) is 0 Å². The summed E-state index contributed by atoms with van der Waals surface area (Å²) in [6.07, 6.45) is 0. The highest BCUT2D eigenvalue weighted by Gasteiger charge is 2.22. The Morgan fingerprint density at radius 1 is 0.667 bits per heavy atom. The summed E-state index contributed by atoms with van der Waals surface area (Å²) in [5.74, 6) is 2.77. The lowest BCUT2D eigenvalue weighted by Gasteiger charge is -2.36. The van der Waals surface area contributed by atoms with Crippen molar-refractivity contribution in [2.75, 3.05) is 36.0 Å². The number of para-hydroxylation sites is 2. The van der Waals surface area contributed by atoms with Gasteiger partial charge >= 0.3 is 0 Å². The predicted molar refractivity (Wildman–Crippen MR) is 121 cm³/mol. The first-order valence-corrected chi connectivity index (χ1v) is 10.3. The van der Waals surface area contributed by atoms with Crippen molar-refractivity contribution >= 4 is 22.7 Å². The number of aryl methyl sites for hydroxylation is 2. The Morgan fingerprint density at radius 2 is 1.30 bits per heavy atom. The van der Waals surface area contributed by atoms with E-state index in [9.17, 15) is 0 Å². The predicted octanol–water partition coefficient (Wildman–Crippen LogP) is 4.03. The van der Waals surface area contributed by atoms with E-state index in [1.807, 2.05) is 56.3 Å². The summed E-state index contributed by atoms with van der Waals surface area (Å²) in [4.78, 5) is 23.6. The molecule has 0 N–H and O–H groups in total. The van der Waals surface area contributed by atoms with E-state index >= 15 is 0 Å². The normalized spacial score (nSPS) is 14.3. The number of hydrogen-bond acceptors (Lipinski definition) is 6. The molecule has 0 saturated carbocycles. The van der Waals surface area contributed by atoms with Crippen LogP contribution in [-0.4, -0.2) is 46.1 Å². The molecule has 5 rings (SSSR count). The molecule has 4 aromatic rings. The number of rotatable bonds is 3. The van der Waals surface area contributed by atoms with Gasteiger partial charge in [-0.05, 0) is 26.0 Å². The number of benzene rings is 2. The van der Waals surface area contributed by atoms with Crippen molar-refractivity contribution in [3.8, 4) is 11.3 Å². The minimum atomic E-state index is 0.796. The molecule has 30 heavy (non-hydrogen) atoms. The first kappa shape index (κ1) is 18.5. The van der Waals surface area contributed by atoms with Gasteiger partial charge in [0.25, 0.3) is 0 Å². The molecule has 0 unspecified atom stereocenters. The molecule has 150 valence electrons. The van der Waals surface area contributed by atoms with Gasteiger partial charge in [0.15, 0.2) is 5.82 Å². The van der Waals surface area contributed by atoms with Crippen LogP contribution in [0.25, 0.3) is 22.3 Å². The molecule has 0 radical (unpaired) electrons. The van der Waals surface area contributed by atoms with Crippen LogP contribution in [0.1, 0.15) is 11.5 Å². The van der Waals surface area contributed by atoms with Crippen LogP contribution in [0.3, 0.4) is 0 Å². The molecule has 2 aromatic carbocycles. The maximum Gasteiger partial charge on any atom is 0.150 e. The average molecular weight is 396 g/mol. The van der Waals surface area contributed by atoms with Gasteiger partial charge in [-0.25, -0.2) is 19.9 Å². The second-order valence-electron chi connectivity index (χ2n) is 7.62. The maximum atomic E-state index is 4.88. The molecule has 1 aliphatic heterocycles. The molecule has 2 aromatic heterocycles. The Labute approximate surface area is 176 Å². The quantitative estimate of drug-likeness (QED) is 0.521. The van der Waals surface area contributed by atoms with E-state index in [0.29, 0.717) is 0 Å². The average Bonchev–Trinajstić information content (AvgIpc) is 2.79. The van der Waals surface area contributed by atoms with E-state index in [1.54, 1.807) is 0 Å². The highest BCUT2D eigenvalue weighted by molar-refractivity contribution is 5.76. The molecule has 6 nitrogen and oxygen atoms in total. The summed E-state index contributed by atoms with van der Waals surface area (Å²) in [6.45, 7) is 7.55. The lowest BCUT2D eigenvalue weighted by Crippen LogP contribution is -2.47. The molecule has 0 atom stereocenters. The van der Waals surface area contributed by atoms with Gasteiger partial charge in [-0.1, -0.05) is 42.5 Å². The van der Waals surface area contributed by atoms with E-state index in [4.69, 9.17) is 15.0 Å². The Kier molecular flexibility index (Phi) is 4.75. The molecule has 1 fully saturated rings. The largest absolute Gasteiger partial charge is 0.353 e. The Morgan fingerprint density at radius 3 is 2.03 bits per heavy atom. The van der Waals surface area contributed by atoms with Crippen molar-refractivity contribution in [1.82, 2.24) is 19.9 Å². The lowest BCUT2D eigenvalue weighted by atomic mass is 10.1. The van der Waals surface area contributed by atoms with Gasteiger partial charge in [-0.2, -0.15) is 0 Å². The molecule has 0 amide bonds. The summed E-state index contributed by atoms with van der Waals surface area (Å²) in [5, 5.41) is 0. The maximum absolute atomic E-state index is 4.88. The first-order valence-electron chi connectivity index (χ1n) is 10.3. The van der Waals surface area contributed by atoms with Crippen molar-refractivity contribution in [3.63, 3.8) is 0 Å². The number of hydrogen-bond donors (Lipinski definition) is 0. The minimum Gasteiger partial charge on any atom is -0.353 e. The zero-order chi connectivity index (χ0) is 20.5. The van der Waals surface area contributed by atoms with Crippen molar-refractivity contribution < 1.29 is 0 Å². The first-order chi connectivity index (χ1) is 14.7. The minimum absolute atomic E-state index is 0.796. The number of nitrogens with zero attached hydrogens (tertiary/aromatic N) is 6. The van der Waals surface area contributed by atoms with Gasteiger partial charge in [-0.15, -0.1) is 0 Å². The molecule has 0 bridgehead atoms. The topological polar surface area (TPSA) is 58.0 Å². The highest BCUT2D eigenvalue weighted by atomic mass is 15.3. The molecular weight excluding hydrogens is 372 g/mol. The van der Waals surface area contributed by atoms with Crippen LogP contribution in [0.4, 0.5) is 11.6 Å². The second-order valence-corrected chi connectivity index (χ2v) is 7.62. The van der Waals surface area contributed by atoms with Crippen molar-refractivity contribution in [2.24, 2.45) is 0 Å². The van der Waals surface area contributed by atoms with Gasteiger partial charge in [-0.3, -0.25) is 0 Å². The molecule has 0 aliphatic carbocycles. The zero-order valence-electron chi connectivity index (χ0n) is 17.3. The van der Waals surface area contributed by atoms with Gasteiger partial charge in [0.2, 0.25) is 0 Å². The number of fused-ring (bicyclic) bond motifs is 1. The van der Waals surface area contributed by atoms with E-state index in [2.05, 4.69) is 33.0 Å². The van der Waals surface area contributed by atoms with Gasteiger partial charge in [0.1, 0.15) is 11.6 Å². The van der Waals surface area contributed by atoms with Crippen LogP contribution in [0.5, 0.6) is 0 Å². The summed E-state index contributed by atoms with van der Waals surface area (Å²) in [5.41, 5.74) is 4.95. The third kappa shape index (κ3) is 3.56. The van der Waals surface area contributed by atoms with E-state index in [0.717, 1.165) is 71.6 Å². The van der Waals surface area contributed by atoms with Crippen LogP contribution < -0.4 is 9.80 Å². The van der Waals surface area contributed by atoms with E-state index < -0.39 is 0 Å². The second kappa shape index (κ2) is 7.71. The molecule has 3 heterocycles. The van der Waals surface area contributed by atoms with Gasteiger partial charge in [0.05, 0.1) is 22.4 Å². The molecule has 6 heteroatoms. The molecule has 1 aliphatic rings.